The van der Waals surface area contributed by atoms with Crippen molar-refractivity contribution in [2.24, 2.45) is 10.2 Å². The lowest BCUT2D eigenvalue weighted by Gasteiger charge is -2.38. The molecule has 30 heavy (non-hydrogen) atoms. The minimum Gasteiger partial charge on any atom is -0.324 e. The van der Waals surface area contributed by atoms with Crippen LogP contribution >= 0.6 is 0 Å². The van der Waals surface area contributed by atoms with E-state index in [9.17, 15) is 12.8 Å². The van der Waals surface area contributed by atoms with Crippen molar-refractivity contribution in [3.63, 3.8) is 0 Å². The molecule has 2 aliphatic rings. The number of nitrogens with one attached hydrogen (secondary N) is 2. The monoisotopic (exact) mass is 429 g/mol. The van der Waals surface area contributed by atoms with E-state index >= 15 is 0 Å². The van der Waals surface area contributed by atoms with Crippen molar-refractivity contribution >= 4 is 44.7 Å². The summed E-state index contributed by atoms with van der Waals surface area (Å²) in [4.78, 5) is 8.42. The molecule has 0 radical (unpaired) electrons. The van der Waals surface area contributed by atoms with E-state index in [0.717, 1.165) is 54.7 Å². The molecule has 1 spiro atoms. The number of hydrazone groups is 1. The molecule has 0 bridgehead atoms. The number of nitrogens with zero attached hydrogens (tertiary/aromatic N) is 4. The maximum atomic E-state index is 14.1. The van der Waals surface area contributed by atoms with Gasteiger partial charge in [-0.1, -0.05) is 19.3 Å². The van der Waals surface area contributed by atoms with E-state index in [1.807, 2.05) is 12.3 Å². The normalized spacial score (nSPS) is 17.7. The van der Waals surface area contributed by atoms with E-state index in [0.29, 0.717) is 5.69 Å². The molecule has 11 heteroatoms. The van der Waals surface area contributed by atoms with Gasteiger partial charge in [-0.2, -0.15) is 10.1 Å². The summed E-state index contributed by atoms with van der Waals surface area (Å²) in [5.74, 6) is 0.203. The van der Waals surface area contributed by atoms with Crippen molar-refractivity contribution in [1.82, 2.24) is 14.5 Å². The van der Waals surface area contributed by atoms with E-state index in [1.165, 1.54) is 12.5 Å². The Labute approximate surface area is 172 Å². The third-order valence-electron chi connectivity index (χ3n) is 5.68. The quantitative estimate of drug-likeness (QED) is 0.587. The van der Waals surface area contributed by atoms with Crippen LogP contribution in [0.4, 0.5) is 21.8 Å². The molecule has 1 aliphatic carbocycles. The number of sulfonamides is 1. The lowest BCUT2D eigenvalue weighted by molar-refractivity contribution is 0.293. The summed E-state index contributed by atoms with van der Waals surface area (Å²) >= 11 is 0. The Morgan fingerprint density at radius 2 is 2.00 bits per heavy atom. The van der Waals surface area contributed by atoms with Gasteiger partial charge in [-0.15, -0.1) is 0 Å². The fourth-order valence-corrected chi connectivity index (χ4v) is 4.90. The largest absolute Gasteiger partial charge is 0.324 e. The number of nitrogens with two attached hydrogens (primary N) is 1. The van der Waals surface area contributed by atoms with Crippen molar-refractivity contribution in [2.45, 2.75) is 42.5 Å². The van der Waals surface area contributed by atoms with Crippen LogP contribution in [0, 0.1) is 5.82 Å². The van der Waals surface area contributed by atoms with Gasteiger partial charge in [0.15, 0.2) is 0 Å². The van der Waals surface area contributed by atoms with Crippen LogP contribution in [0.5, 0.6) is 0 Å². The van der Waals surface area contributed by atoms with Gasteiger partial charge in [0.25, 0.3) is 0 Å². The van der Waals surface area contributed by atoms with Crippen molar-refractivity contribution in [1.29, 1.82) is 0 Å². The van der Waals surface area contributed by atoms with E-state index in [-0.39, 0.29) is 11.5 Å². The standard InChI is InChI=1S/C19H20FN7O2S/c20-14-9-13(4-5-15(14)30(21,28)29)24-18-22-10-12-8-16-26-23-11-19(6-2-1-3-7-19)27(16)17(12)25-18/h4-5,8-11,26H,1-3,6-7H2,(H2,21,28,29)(H,22,24,25). The van der Waals surface area contributed by atoms with Crippen LogP contribution in [0.2, 0.25) is 0 Å². The Hall–Kier alpha value is -3.05. The number of hydrogen-bond acceptors (Lipinski definition) is 7. The predicted molar refractivity (Wildman–Crippen MR) is 112 cm³/mol. The number of benzene rings is 1. The van der Waals surface area contributed by atoms with Crippen molar-refractivity contribution in [3.8, 4) is 0 Å². The summed E-state index contributed by atoms with van der Waals surface area (Å²) in [7, 11) is -4.13. The highest BCUT2D eigenvalue weighted by molar-refractivity contribution is 7.89. The van der Waals surface area contributed by atoms with Gasteiger partial charge in [-0.25, -0.2) is 22.9 Å². The van der Waals surface area contributed by atoms with Gasteiger partial charge >= 0.3 is 0 Å². The van der Waals surface area contributed by atoms with E-state index < -0.39 is 20.7 Å². The summed E-state index contributed by atoms with van der Waals surface area (Å²) in [5.41, 5.74) is 3.90. The van der Waals surface area contributed by atoms with Gasteiger partial charge in [0, 0.05) is 17.3 Å². The first-order valence-electron chi connectivity index (χ1n) is 9.64. The third kappa shape index (κ3) is 3.10. The highest BCUT2D eigenvalue weighted by atomic mass is 32.2. The Morgan fingerprint density at radius 3 is 2.73 bits per heavy atom. The molecule has 3 heterocycles. The maximum absolute atomic E-state index is 14.1. The van der Waals surface area contributed by atoms with Crippen LogP contribution in [0.1, 0.15) is 32.1 Å². The molecule has 2 aromatic heterocycles. The fraction of sp³-hybridized carbons (Fsp3) is 0.316. The number of halogens is 1. The second-order valence-corrected chi connectivity index (χ2v) is 9.22. The molecule has 3 aromatic rings. The zero-order valence-electron chi connectivity index (χ0n) is 16.0. The summed E-state index contributed by atoms with van der Waals surface area (Å²) in [5, 5.41) is 13.2. The van der Waals surface area contributed by atoms with Crippen molar-refractivity contribution < 1.29 is 12.8 Å². The molecule has 1 saturated carbocycles. The van der Waals surface area contributed by atoms with Crippen LogP contribution in [-0.2, 0) is 15.6 Å². The number of rotatable bonds is 3. The van der Waals surface area contributed by atoms with Crippen molar-refractivity contribution in [3.05, 3.63) is 36.3 Å². The fourth-order valence-electron chi connectivity index (χ4n) is 4.31. The van der Waals surface area contributed by atoms with Gasteiger partial charge in [0.2, 0.25) is 16.0 Å². The Kier molecular flexibility index (Phi) is 4.26. The first-order chi connectivity index (χ1) is 14.4. The number of anilines is 3. The first-order valence-corrected chi connectivity index (χ1v) is 11.2. The average Bonchev–Trinajstić information content (AvgIpc) is 3.07. The average molecular weight is 429 g/mol. The van der Waals surface area contributed by atoms with Gasteiger partial charge in [-0.05, 0) is 37.1 Å². The molecule has 156 valence electrons. The topological polar surface area (TPSA) is 127 Å². The highest BCUT2D eigenvalue weighted by Crippen LogP contribution is 2.41. The van der Waals surface area contributed by atoms with E-state index in [2.05, 4.69) is 30.4 Å². The van der Waals surface area contributed by atoms with E-state index in [4.69, 9.17) is 5.14 Å². The summed E-state index contributed by atoms with van der Waals surface area (Å²) in [6, 6.07) is 5.55. The summed E-state index contributed by atoms with van der Waals surface area (Å²) < 4.78 is 39.1. The highest BCUT2D eigenvalue weighted by Gasteiger charge is 2.37. The van der Waals surface area contributed by atoms with Crippen LogP contribution in [0.25, 0.3) is 11.0 Å². The molecule has 4 N–H and O–H groups in total. The minimum absolute atomic E-state index is 0.213. The van der Waals surface area contributed by atoms with Gasteiger partial charge in [0.1, 0.15) is 22.2 Å². The Bertz CT molecular complexity index is 1280. The summed E-state index contributed by atoms with van der Waals surface area (Å²) in [6.45, 7) is 0. The molecule has 5 rings (SSSR count). The molecule has 0 amide bonds. The zero-order chi connectivity index (χ0) is 20.9. The molecule has 0 unspecified atom stereocenters. The SMILES string of the molecule is NS(=O)(=O)c1ccc(Nc2ncc3cc4n(c3n2)C2(C=NN4)CCCCC2)cc1F. The number of aromatic nitrogens is 3. The number of hydrogen-bond donors (Lipinski definition) is 3. The Balaban J connectivity index is 1.54. The molecular weight excluding hydrogens is 409 g/mol. The molecule has 1 aliphatic heterocycles. The molecular formula is C19H20FN7O2S. The Morgan fingerprint density at radius 1 is 1.20 bits per heavy atom. The molecule has 0 saturated heterocycles. The first kappa shape index (κ1) is 18.9. The van der Waals surface area contributed by atoms with Crippen molar-refractivity contribution in [2.75, 3.05) is 10.7 Å². The minimum atomic E-state index is -4.13. The van der Waals surface area contributed by atoms with Crippen LogP contribution in [-0.4, -0.2) is 29.2 Å². The lowest BCUT2D eigenvalue weighted by Crippen LogP contribution is -2.40. The lowest BCUT2D eigenvalue weighted by atomic mass is 9.82. The zero-order valence-corrected chi connectivity index (χ0v) is 16.8. The van der Waals surface area contributed by atoms with Crippen LogP contribution in [0.15, 0.2) is 40.5 Å². The van der Waals surface area contributed by atoms with Gasteiger partial charge in [0.05, 0.1) is 11.8 Å². The van der Waals surface area contributed by atoms with E-state index in [1.54, 1.807) is 6.20 Å². The van der Waals surface area contributed by atoms with Crippen LogP contribution < -0.4 is 15.9 Å². The van der Waals surface area contributed by atoms with Crippen LogP contribution in [0.3, 0.4) is 0 Å². The third-order valence-corrected chi connectivity index (χ3v) is 6.63. The molecule has 0 atom stereocenters. The second kappa shape index (κ2) is 6.74. The maximum Gasteiger partial charge on any atom is 0.240 e. The molecule has 1 aromatic carbocycles. The summed E-state index contributed by atoms with van der Waals surface area (Å²) in [6.07, 6.45) is 9.09. The smallest absolute Gasteiger partial charge is 0.240 e. The molecule has 9 nitrogen and oxygen atoms in total. The predicted octanol–water partition coefficient (Wildman–Crippen LogP) is 3.03. The molecule has 1 fully saturated rings. The second-order valence-electron chi connectivity index (χ2n) is 7.69. The van der Waals surface area contributed by atoms with Gasteiger partial charge < -0.3 is 5.32 Å². The number of primary sulfonamides is 1. The number of fused-ring (bicyclic) bond motifs is 4. The van der Waals surface area contributed by atoms with Gasteiger partial charge in [-0.3, -0.25) is 9.99 Å².